The van der Waals surface area contributed by atoms with Gasteiger partial charge in [0.25, 0.3) is 0 Å². The van der Waals surface area contributed by atoms with Crippen LogP contribution >= 0.6 is 11.3 Å². The molecule has 0 aliphatic rings. The lowest BCUT2D eigenvalue weighted by Gasteiger charge is -1.98. The Kier molecular flexibility index (Phi) is 2.74. The second-order valence-corrected chi connectivity index (χ2v) is 3.82. The van der Waals surface area contributed by atoms with Crippen LogP contribution in [0.2, 0.25) is 0 Å². The Morgan fingerprint density at radius 2 is 2.50 bits per heavy atom. The van der Waals surface area contributed by atoms with Gasteiger partial charge in [-0.05, 0) is 28.8 Å². The molecule has 0 N–H and O–H groups in total. The van der Waals surface area contributed by atoms with Gasteiger partial charge in [-0.15, -0.1) is 0 Å². The number of aldehydes is 1. The van der Waals surface area contributed by atoms with Gasteiger partial charge in [-0.2, -0.15) is 11.3 Å². The standard InChI is InChI=1S/C10H10N2OS/c13-6-10-5-12(8-11-10)3-1-9-2-4-14-7-9/h2,4-8H,1,3H2. The Balaban J connectivity index is 1.95. The first-order chi connectivity index (χ1) is 6.88. The minimum absolute atomic E-state index is 0.496. The van der Waals surface area contributed by atoms with E-state index in [1.54, 1.807) is 23.9 Å². The van der Waals surface area contributed by atoms with Gasteiger partial charge in [-0.3, -0.25) is 4.79 Å². The summed E-state index contributed by atoms with van der Waals surface area (Å²) in [5.74, 6) is 0. The van der Waals surface area contributed by atoms with Gasteiger partial charge in [0.1, 0.15) is 5.69 Å². The Morgan fingerprint density at radius 1 is 1.57 bits per heavy atom. The van der Waals surface area contributed by atoms with Crippen LogP contribution in [0.3, 0.4) is 0 Å². The summed E-state index contributed by atoms with van der Waals surface area (Å²) in [5, 5.41) is 4.21. The van der Waals surface area contributed by atoms with Crippen molar-refractivity contribution in [3.05, 3.63) is 40.6 Å². The Labute approximate surface area is 86.0 Å². The lowest BCUT2D eigenvalue weighted by molar-refractivity contribution is 0.111. The van der Waals surface area contributed by atoms with Crippen molar-refractivity contribution >= 4 is 17.6 Å². The lowest BCUT2D eigenvalue weighted by atomic mass is 10.2. The third kappa shape index (κ3) is 2.09. The minimum Gasteiger partial charge on any atom is -0.336 e. The van der Waals surface area contributed by atoms with E-state index in [0.29, 0.717) is 5.69 Å². The molecule has 0 bridgehead atoms. The molecule has 72 valence electrons. The van der Waals surface area contributed by atoms with E-state index in [9.17, 15) is 4.79 Å². The number of rotatable bonds is 4. The van der Waals surface area contributed by atoms with Gasteiger partial charge in [0.15, 0.2) is 6.29 Å². The van der Waals surface area contributed by atoms with E-state index in [-0.39, 0.29) is 0 Å². The van der Waals surface area contributed by atoms with Crippen molar-refractivity contribution in [2.24, 2.45) is 0 Å². The van der Waals surface area contributed by atoms with Crippen LogP contribution in [0.5, 0.6) is 0 Å². The maximum Gasteiger partial charge on any atom is 0.169 e. The van der Waals surface area contributed by atoms with E-state index in [1.165, 1.54) is 5.56 Å². The molecule has 2 rings (SSSR count). The van der Waals surface area contributed by atoms with Gasteiger partial charge in [-0.1, -0.05) is 0 Å². The molecular weight excluding hydrogens is 196 g/mol. The van der Waals surface area contributed by atoms with E-state index in [1.807, 2.05) is 4.57 Å². The molecule has 0 radical (unpaired) electrons. The minimum atomic E-state index is 0.496. The molecule has 0 spiro atoms. The zero-order valence-electron chi connectivity index (χ0n) is 7.59. The highest BCUT2D eigenvalue weighted by Crippen LogP contribution is 2.07. The SMILES string of the molecule is O=Cc1cn(CCc2ccsc2)cn1. The zero-order valence-corrected chi connectivity index (χ0v) is 8.41. The Hall–Kier alpha value is -1.42. The third-order valence-corrected chi connectivity index (χ3v) is 2.74. The molecule has 0 aromatic carbocycles. The first-order valence-corrected chi connectivity index (χ1v) is 5.31. The zero-order chi connectivity index (χ0) is 9.80. The summed E-state index contributed by atoms with van der Waals surface area (Å²) in [6.45, 7) is 0.873. The van der Waals surface area contributed by atoms with Gasteiger partial charge >= 0.3 is 0 Å². The number of carbonyl (C=O) groups excluding carboxylic acids is 1. The number of thiophene rings is 1. The summed E-state index contributed by atoms with van der Waals surface area (Å²) in [6, 6.07) is 2.11. The molecule has 0 aliphatic heterocycles. The average Bonchev–Trinajstić information content (AvgIpc) is 2.86. The van der Waals surface area contributed by atoms with E-state index < -0.39 is 0 Å². The van der Waals surface area contributed by atoms with Gasteiger partial charge in [0.2, 0.25) is 0 Å². The molecule has 2 heterocycles. The summed E-state index contributed by atoms with van der Waals surface area (Å²) in [4.78, 5) is 14.3. The topological polar surface area (TPSA) is 34.9 Å². The molecule has 0 saturated carbocycles. The largest absolute Gasteiger partial charge is 0.336 e. The fourth-order valence-electron chi connectivity index (χ4n) is 1.25. The van der Waals surface area contributed by atoms with E-state index >= 15 is 0 Å². The number of carbonyl (C=O) groups is 1. The molecule has 3 nitrogen and oxygen atoms in total. The number of imidazole rings is 1. The second-order valence-electron chi connectivity index (χ2n) is 3.04. The Morgan fingerprint density at radius 3 is 3.14 bits per heavy atom. The molecule has 0 amide bonds. The van der Waals surface area contributed by atoms with Gasteiger partial charge in [0, 0.05) is 12.7 Å². The molecule has 0 unspecified atom stereocenters. The summed E-state index contributed by atoms with van der Waals surface area (Å²) in [7, 11) is 0. The normalized spacial score (nSPS) is 10.3. The van der Waals surface area contributed by atoms with Crippen LogP contribution < -0.4 is 0 Å². The highest BCUT2D eigenvalue weighted by molar-refractivity contribution is 7.07. The van der Waals surface area contributed by atoms with Crippen molar-refractivity contribution in [2.75, 3.05) is 0 Å². The maximum absolute atomic E-state index is 10.4. The first kappa shape index (κ1) is 9.15. The molecular formula is C10H10N2OS. The molecule has 2 aromatic heterocycles. The first-order valence-electron chi connectivity index (χ1n) is 4.36. The highest BCUT2D eigenvalue weighted by atomic mass is 32.1. The predicted molar refractivity (Wildman–Crippen MR) is 55.6 cm³/mol. The predicted octanol–water partition coefficient (Wildman–Crippen LogP) is 2.00. The molecule has 4 heteroatoms. The molecule has 2 aromatic rings. The van der Waals surface area contributed by atoms with E-state index in [0.717, 1.165) is 19.3 Å². The van der Waals surface area contributed by atoms with Crippen LogP contribution in [0.15, 0.2) is 29.4 Å². The summed E-state index contributed by atoms with van der Waals surface area (Å²) in [6.07, 6.45) is 5.20. The molecule has 0 fully saturated rings. The van der Waals surface area contributed by atoms with Crippen LogP contribution in [-0.4, -0.2) is 15.8 Å². The molecule has 0 aliphatic carbocycles. The number of hydrogen-bond donors (Lipinski definition) is 0. The van der Waals surface area contributed by atoms with Crippen molar-refractivity contribution in [3.8, 4) is 0 Å². The highest BCUT2D eigenvalue weighted by Gasteiger charge is 1.97. The summed E-state index contributed by atoms with van der Waals surface area (Å²) < 4.78 is 1.93. The van der Waals surface area contributed by atoms with Crippen molar-refractivity contribution in [1.82, 2.24) is 9.55 Å². The number of hydrogen-bond acceptors (Lipinski definition) is 3. The molecule has 14 heavy (non-hydrogen) atoms. The number of aryl methyl sites for hydroxylation is 2. The quantitative estimate of drug-likeness (QED) is 0.717. The Bertz CT molecular complexity index is 405. The fraction of sp³-hybridized carbons (Fsp3) is 0.200. The lowest BCUT2D eigenvalue weighted by Crippen LogP contribution is -1.97. The van der Waals surface area contributed by atoms with Crippen molar-refractivity contribution in [3.63, 3.8) is 0 Å². The molecule has 0 atom stereocenters. The maximum atomic E-state index is 10.4. The van der Waals surface area contributed by atoms with Crippen LogP contribution in [0.25, 0.3) is 0 Å². The fourth-order valence-corrected chi connectivity index (χ4v) is 1.96. The van der Waals surface area contributed by atoms with Gasteiger partial charge in [0.05, 0.1) is 6.33 Å². The van der Waals surface area contributed by atoms with Gasteiger partial charge in [-0.25, -0.2) is 4.98 Å². The van der Waals surface area contributed by atoms with Crippen LogP contribution in [-0.2, 0) is 13.0 Å². The smallest absolute Gasteiger partial charge is 0.169 e. The van der Waals surface area contributed by atoms with Crippen molar-refractivity contribution in [2.45, 2.75) is 13.0 Å². The van der Waals surface area contributed by atoms with E-state index in [4.69, 9.17) is 0 Å². The third-order valence-electron chi connectivity index (χ3n) is 2.01. The van der Waals surface area contributed by atoms with Crippen LogP contribution in [0.4, 0.5) is 0 Å². The molecule has 0 saturated heterocycles. The number of aromatic nitrogens is 2. The monoisotopic (exact) mass is 206 g/mol. The van der Waals surface area contributed by atoms with Crippen LogP contribution in [0.1, 0.15) is 16.1 Å². The average molecular weight is 206 g/mol. The summed E-state index contributed by atoms with van der Waals surface area (Å²) in [5.41, 5.74) is 1.83. The number of nitrogens with zero attached hydrogens (tertiary/aromatic N) is 2. The van der Waals surface area contributed by atoms with Crippen molar-refractivity contribution in [1.29, 1.82) is 0 Å². The second kappa shape index (κ2) is 4.19. The van der Waals surface area contributed by atoms with Crippen molar-refractivity contribution < 1.29 is 4.79 Å². The van der Waals surface area contributed by atoms with Crippen LogP contribution in [0, 0.1) is 0 Å². The van der Waals surface area contributed by atoms with Gasteiger partial charge < -0.3 is 4.57 Å². The summed E-state index contributed by atoms with van der Waals surface area (Å²) >= 11 is 1.70. The van der Waals surface area contributed by atoms with E-state index in [2.05, 4.69) is 21.8 Å².